The molecular weight excluding hydrogens is 240 g/mol. The SMILES string of the molecule is O=C(/C=C(\O)c1ccccc1)C(=O)c1ccccc1. The predicted molar refractivity (Wildman–Crippen MR) is 72.8 cm³/mol. The molecule has 0 aromatic heterocycles. The van der Waals surface area contributed by atoms with Crippen LogP contribution in [0.1, 0.15) is 15.9 Å². The van der Waals surface area contributed by atoms with Crippen LogP contribution in [0.15, 0.2) is 66.7 Å². The third-order valence-electron chi connectivity index (χ3n) is 2.60. The highest BCUT2D eigenvalue weighted by Gasteiger charge is 2.14. The van der Waals surface area contributed by atoms with Gasteiger partial charge in [0.1, 0.15) is 5.76 Å². The van der Waals surface area contributed by atoms with Crippen molar-refractivity contribution in [1.29, 1.82) is 0 Å². The molecule has 94 valence electrons. The number of hydrogen-bond donors (Lipinski definition) is 1. The van der Waals surface area contributed by atoms with Gasteiger partial charge in [-0.3, -0.25) is 9.59 Å². The number of allylic oxidation sites excluding steroid dienone is 1. The Morgan fingerprint density at radius 3 is 1.79 bits per heavy atom. The summed E-state index contributed by atoms with van der Waals surface area (Å²) >= 11 is 0. The highest BCUT2D eigenvalue weighted by Crippen LogP contribution is 2.11. The van der Waals surface area contributed by atoms with Gasteiger partial charge in [0.15, 0.2) is 0 Å². The van der Waals surface area contributed by atoms with Crippen LogP contribution in [0.5, 0.6) is 0 Å². The van der Waals surface area contributed by atoms with E-state index in [2.05, 4.69) is 0 Å². The number of carbonyl (C=O) groups is 2. The van der Waals surface area contributed by atoms with E-state index in [1.807, 2.05) is 0 Å². The Morgan fingerprint density at radius 1 is 0.789 bits per heavy atom. The van der Waals surface area contributed by atoms with E-state index < -0.39 is 11.6 Å². The molecule has 0 aliphatic rings. The number of rotatable bonds is 4. The lowest BCUT2D eigenvalue weighted by Gasteiger charge is -2.00. The molecule has 0 heterocycles. The third kappa shape index (κ3) is 3.16. The van der Waals surface area contributed by atoms with E-state index in [9.17, 15) is 14.7 Å². The van der Waals surface area contributed by atoms with Crippen molar-refractivity contribution < 1.29 is 14.7 Å². The van der Waals surface area contributed by atoms with Crippen molar-refractivity contribution in [1.82, 2.24) is 0 Å². The standard InChI is InChI=1S/C16H12O3/c17-14(12-7-3-1-4-8-12)11-15(18)16(19)13-9-5-2-6-10-13/h1-11,17H/b14-11-. The Hall–Kier alpha value is -2.68. The second-order valence-electron chi connectivity index (χ2n) is 3.96. The number of aliphatic hydroxyl groups excluding tert-OH is 1. The quantitative estimate of drug-likeness (QED) is 0.394. The van der Waals surface area contributed by atoms with Crippen LogP contribution in [0.4, 0.5) is 0 Å². The van der Waals surface area contributed by atoms with Crippen LogP contribution in [0.2, 0.25) is 0 Å². The molecule has 0 radical (unpaired) electrons. The average Bonchev–Trinajstić information content (AvgIpc) is 2.48. The molecule has 3 nitrogen and oxygen atoms in total. The summed E-state index contributed by atoms with van der Waals surface area (Å²) in [5.74, 6) is -1.59. The van der Waals surface area contributed by atoms with Crippen LogP contribution in [0.25, 0.3) is 5.76 Å². The minimum absolute atomic E-state index is 0.213. The monoisotopic (exact) mass is 252 g/mol. The van der Waals surface area contributed by atoms with Crippen molar-refractivity contribution in [3.63, 3.8) is 0 Å². The Bertz CT molecular complexity index is 613. The van der Waals surface area contributed by atoms with Gasteiger partial charge in [0.25, 0.3) is 0 Å². The second kappa shape index (κ2) is 5.78. The summed E-state index contributed by atoms with van der Waals surface area (Å²) < 4.78 is 0. The van der Waals surface area contributed by atoms with Gasteiger partial charge in [-0.25, -0.2) is 0 Å². The van der Waals surface area contributed by atoms with Crippen molar-refractivity contribution in [3.8, 4) is 0 Å². The van der Waals surface area contributed by atoms with E-state index in [0.717, 1.165) is 6.08 Å². The number of carbonyl (C=O) groups excluding carboxylic acids is 2. The molecule has 0 bridgehead atoms. The van der Waals surface area contributed by atoms with E-state index >= 15 is 0 Å². The lowest BCUT2D eigenvalue weighted by atomic mass is 10.1. The van der Waals surface area contributed by atoms with Gasteiger partial charge < -0.3 is 5.11 Å². The van der Waals surface area contributed by atoms with Gasteiger partial charge in [-0.2, -0.15) is 0 Å². The summed E-state index contributed by atoms with van der Waals surface area (Å²) in [7, 11) is 0. The maximum absolute atomic E-state index is 11.8. The zero-order valence-corrected chi connectivity index (χ0v) is 10.1. The molecule has 0 atom stereocenters. The van der Waals surface area contributed by atoms with Crippen molar-refractivity contribution in [2.24, 2.45) is 0 Å². The minimum Gasteiger partial charge on any atom is -0.507 e. The van der Waals surface area contributed by atoms with Crippen molar-refractivity contribution in [3.05, 3.63) is 77.9 Å². The fourth-order valence-corrected chi connectivity index (χ4v) is 1.61. The molecule has 0 aliphatic heterocycles. The van der Waals surface area contributed by atoms with Crippen LogP contribution in [0, 0.1) is 0 Å². The summed E-state index contributed by atoms with van der Waals surface area (Å²) in [5.41, 5.74) is 0.807. The Morgan fingerprint density at radius 2 is 1.26 bits per heavy atom. The van der Waals surface area contributed by atoms with Crippen LogP contribution in [0.3, 0.4) is 0 Å². The summed E-state index contributed by atoms with van der Waals surface area (Å²) in [4.78, 5) is 23.5. The van der Waals surface area contributed by atoms with Crippen LogP contribution in [-0.2, 0) is 4.79 Å². The summed E-state index contributed by atoms with van der Waals surface area (Å²) in [6.07, 6.45) is 0.949. The van der Waals surface area contributed by atoms with Crippen LogP contribution >= 0.6 is 0 Å². The molecular formula is C16H12O3. The van der Waals surface area contributed by atoms with Gasteiger partial charge in [-0.05, 0) is 0 Å². The van der Waals surface area contributed by atoms with Crippen molar-refractivity contribution in [2.75, 3.05) is 0 Å². The number of hydrogen-bond acceptors (Lipinski definition) is 3. The zero-order valence-electron chi connectivity index (χ0n) is 10.1. The number of Topliss-reactive ketones (excluding diaryl/α,β-unsaturated/α-hetero) is 1. The Labute approximate surface area is 110 Å². The van der Waals surface area contributed by atoms with Crippen molar-refractivity contribution >= 4 is 17.3 Å². The maximum atomic E-state index is 11.8. The van der Waals surface area contributed by atoms with Gasteiger partial charge in [0.05, 0.1) is 0 Å². The number of aliphatic hydroxyl groups is 1. The highest BCUT2D eigenvalue weighted by molar-refractivity contribution is 6.48. The van der Waals surface area contributed by atoms with Gasteiger partial charge in [0.2, 0.25) is 11.6 Å². The second-order valence-corrected chi connectivity index (χ2v) is 3.96. The van der Waals surface area contributed by atoms with Gasteiger partial charge >= 0.3 is 0 Å². The average molecular weight is 252 g/mol. The largest absolute Gasteiger partial charge is 0.507 e. The number of benzene rings is 2. The molecule has 19 heavy (non-hydrogen) atoms. The predicted octanol–water partition coefficient (Wildman–Crippen LogP) is 3.04. The Kier molecular flexibility index (Phi) is 3.88. The molecule has 2 aromatic rings. The fourth-order valence-electron chi connectivity index (χ4n) is 1.61. The molecule has 2 aromatic carbocycles. The van der Waals surface area contributed by atoms with E-state index in [1.165, 1.54) is 0 Å². The molecule has 0 amide bonds. The van der Waals surface area contributed by atoms with E-state index in [4.69, 9.17) is 0 Å². The molecule has 0 aliphatic carbocycles. The molecule has 2 rings (SSSR count). The van der Waals surface area contributed by atoms with E-state index in [-0.39, 0.29) is 5.76 Å². The normalized spacial score (nSPS) is 11.1. The molecule has 1 N–H and O–H groups in total. The highest BCUT2D eigenvalue weighted by atomic mass is 16.3. The summed E-state index contributed by atoms with van der Waals surface area (Å²) in [6.45, 7) is 0. The third-order valence-corrected chi connectivity index (χ3v) is 2.60. The first-order valence-electron chi connectivity index (χ1n) is 5.78. The van der Waals surface area contributed by atoms with Gasteiger partial charge in [0, 0.05) is 17.2 Å². The van der Waals surface area contributed by atoms with Crippen LogP contribution < -0.4 is 0 Å². The number of ketones is 2. The van der Waals surface area contributed by atoms with Crippen LogP contribution in [-0.4, -0.2) is 16.7 Å². The first kappa shape index (κ1) is 12.8. The molecule has 3 heteroatoms. The lowest BCUT2D eigenvalue weighted by molar-refractivity contribution is -0.110. The first-order valence-corrected chi connectivity index (χ1v) is 5.78. The molecule has 0 spiro atoms. The lowest BCUT2D eigenvalue weighted by Crippen LogP contribution is -2.11. The zero-order chi connectivity index (χ0) is 13.7. The summed E-state index contributed by atoms with van der Waals surface area (Å²) in [5, 5.41) is 9.77. The minimum atomic E-state index is -0.743. The van der Waals surface area contributed by atoms with Gasteiger partial charge in [-0.15, -0.1) is 0 Å². The molecule has 0 unspecified atom stereocenters. The smallest absolute Gasteiger partial charge is 0.233 e. The van der Waals surface area contributed by atoms with E-state index in [1.54, 1.807) is 60.7 Å². The maximum Gasteiger partial charge on any atom is 0.233 e. The molecule has 0 fully saturated rings. The summed E-state index contributed by atoms with van der Waals surface area (Å²) in [6, 6.07) is 16.8. The molecule has 0 saturated carbocycles. The van der Waals surface area contributed by atoms with Gasteiger partial charge in [-0.1, -0.05) is 60.7 Å². The fraction of sp³-hybridized carbons (Fsp3) is 0. The van der Waals surface area contributed by atoms with Crippen molar-refractivity contribution in [2.45, 2.75) is 0 Å². The van der Waals surface area contributed by atoms with E-state index in [0.29, 0.717) is 11.1 Å². The first-order chi connectivity index (χ1) is 9.18. The molecule has 0 saturated heterocycles. The topological polar surface area (TPSA) is 54.4 Å². The Balaban J connectivity index is 2.20.